The average Bonchev–Trinajstić information content (AvgIpc) is 3.23. The van der Waals surface area contributed by atoms with Crippen LogP contribution in [0.5, 0.6) is 0 Å². The predicted octanol–water partition coefficient (Wildman–Crippen LogP) is 5.90. The molecular formula is C24H19NO2S. The number of thiophene rings is 1. The maximum atomic E-state index is 13.2. The quantitative estimate of drug-likeness (QED) is 0.440. The van der Waals surface area contributed by atoms with Crippen LogP contribution in [0, 0.1) is 0 Å². The van der Waals surface area contributed by atoms with E-state index in [0.717, 1.165) is 46.7 Å². The second kappa shape index (κ2) is 6.80. The molecule has 4 heteroatoms. The number of hydrogen-bond acceptors (Lipinski definition) is 4. The second-order valence-electron chi connectivity index (χ2n) is 6.94. The molecule has 0 amide bonds. The molecule has 0 unspecified atom stereocenters. The number of aryl methyl sites for hydroxylation is 1. The molecule has 1 aliphatic rings. The molecular weight excluding hydrogens is 366 g/mol. The number of para-hydroxylation sites is 1. The van der Waals surface area contributed by atoms with Gasteiger partial charge in [-0.15, -0.1) is 11.3 Å². The Hall–Kier alpha value is -3.11. The Bertz CT molecular complexity index is 1190. The number of nitrogens with zero attached hydrogens (tertiary/aromatic N) is 1. The smallest absolute Gasteiger partial charge is 0.346 e. The lowest BCUT2D eigenvalue weighted by molar-refractivity contribution is 0.519. The summed E-state index contributed by atoms with van der Waals surface area (Å²) in [4.78, 5) is 16.6. The van der Waals surface area contributed by atoms with Gasteiger partial charge < -0.3 is 9.32 Å². The summed E-state index contributed by atoms with van der Waals surface area (Å²) in [7, 11) is 2.03. The van der Waals surface area contributed by atoms with Gasteiger partial charge in [0.05, 0.1) is 11.3 Å². The maximum Gasteiger partial charge on any atom is 0.346 e. The van der Waals surface area contributed by atoms with E-state index in [4.69, 9.17) is 4.42 Å². The molecule has 0 radical (unpaired) electrons. The Labute approximate surface area is 167 Å². The number of benzene rings is 2. The van der Waals surface area contributed by atoms with Crippen molar-refractivity contribution in [1.29, 1.82) is 0 Å². The van der Waals surface area contributed by atoms with E-state index in [0.29, 0.717) is 5.56 Å². The first-order valence-corrected chi connectivity index (χ1v) is 10.2. The van der Waals surface area contributed by atoms with Crippen LogP contribution >= 0.6 is 11.3 Å². The number of fused-ring (bicyclic) bond motifs is 3. The number of hydrogen-bond donors (Lipinski definition) is 0. The molecule has 0 saturated carbocycles. The Morgan fingerprint density at radius 2 is 1.64 bits per heavy atom. The molecule has 2 aromatic carbocycles. The Balaban J connectivity index is 1.83. The third-order valence-corrected chi connectivity index (χ3v) is 6.31. The van der Waals surface area contributed by atoms with Gasteiger partial charge in [-0.25, -0.2) is 4.79 Å². The van der Waals surface area contributed by atoms with E-state index >= 15 is 0 Å². The molecule has 0 saturated heterocycles. The molecule has 0 atom stereocenters. The Kier molecular flexibility index (Phi) is 4.14. The lowest BCUT2D eigenvalue weighted by Gasteiger charge is -2.28. The highest BCUT2D eigenvalue weighted by Gasteiger charge is 2.29. The number of anilines is 2. The molecule has 138 valence electrons. The fourth-order valence-electron chi connectivity index (χ4n) is 4.00. The largest absolute Gasteiger partial charge is 0.422 e. The molecule has 1 aliphatic carbocycles. The van der Waals surface area contributed by atoms with E-state index in [1.807, 2.05) is 55.6 Å². The zero-order chi connectivity index (χ0) is 19.1. The van der Waals surface area contributed by atoms with Crippen LogP contribution in [0.3, 0.4) is 0 Å². The molecule has 0 aliphatic heterocycles. The minimum Gasteiger partial charge on any atom is -0.422 e. The van der Waals surface area contributed by atoms with Crippen molar-refractivity contribution >= 4 is 22.7 Å². The zero-order valence-electron chi connectivity index (χ0n) is 15.5. The van der Waals surface area contributed by atoms with Gasteiger partial charge in [-0.2, -0.15) is 0 Å². The molecule has 0 N–H and O–H groups in total. The van der Waals surface area contributed by atoms with Gasteiger partial charge in [-0.3, -0.25) is 0 Å². The highest BCUT2D eigenvalue weighted by atomic mass is 32.1. The van der Waals surface area contributed by atoms with E-state index in [-0.39, 0.29) is 5.63 Å². The van der Waals surface area contributed by atoms with Crippen LogP contribution in [0.4, 0.5) is 11.4 Å². The van der Waals surface area contributed by atoms with Crippen LogP contribution in [0.2, 0.25) is 0 Å². The summed E-state index contributed by atoms with van der Waals surface area (Å²) in [6, 6.07) is 22.0. The van der Waals surface area contributed by atoms with Crippen molar-refractivity contribution < 1.29 is 4.42 Å². The van der Waals surface area contributed by atoms with Crippen LogP contribution in [-0.4, -0.2) is 7.05 Å². The number of rotatable bonds is 3. The monoisotopic (exact) mass is 385 g/mol. The van der Waals surface area contributed by atoms with E-state index in [9.17, 15) is 4.79 Å². The van der Waals surface area contributed by atoms with E-state index in [1.165, 1.54) is 4.88 Å². The van der Waals surface area contributed by atoms with Gasteiger partial charge in [0.15, 0.2) is 0 Å². The van der Waals surface area contributed by atoms with Crippen molar-refractivity contribution in [3.8, 4) is 22.5 Å². The summed E-state index contributed by atoms with van der Waals surface area (Å²) >= 11 is 1.73. The van der Waals surface area contributed by atoms with Gasteiger partial charge in [0.1, 0.15) is 5.76 Å². The van der Waals surface area contributed by atoms with Crippen LogP contribution in [0.15, 0.2) is 81.3 Å². The van der Waals surface area contributed by atoms with Crippen LogP contribution in [0.25, 0.3) is 22.5 Å². The van der Waals surface area contributed by atoms with Gasteiger partial charge in [0.2, 0.25) is 0 Å². The first kappa shape index (κ1) is 17.0. The molecule has 5 rings (SSSR count). The second-order valence-corrected chi connectivity index (χ2v) is 7.94. The van der Waals surface area contributed by atoms with Crippen molar-refractivity contribution in [2.24, 2.45) is 0 Å². The maximum absolute atomic E-state index is 13.2. The minimum atomic E-state index is -0.290. The van der Waals surface area contributed by atoms with Crippen LogP contribution in [0.1, 0.15) is 10.4 Å². The van der Waals surface area contributed by atoms with Crippen LogP contribution < -0.4 is 10.5 Å². The van der Waals surface area contributed by atoms with Gasteiger partial charge in [0.25, 0.3) is 0 Å². The van der Waals surface area contributed by atoms with Crippen molar-refractivity contribution in [2.45, 2.75) is 12.8 Å². The molecule has 0 fully saturated rings. The van der Waals surface area contributed by atoms with Gasteiger partial charge in [-0.1, -0.05) is 48.5 Å². The summed E-state index contributed by atoms with van der Waals surface area (Å²) in [5, 5.41) is 2.07. The standard InChI is InChI=1S/C24H19NO2S/c1-25(17-10-6-3-7-11-17)22-19-12-13-20-18(14-15-28-20)23(19)27-24(26)21(22)16-8-4-2-5-9-16/h2-11,14-15H,12-13H2,1H3. The SMILES string of the molecule is CN(c1ccccc1)c1c2c(oc(=O)c1-c1ccccc1)-c1ccsc1CC2. The van der Waals surface area contributed by atoms with Gasteiger partial charge in [-0.05, 0) is 42.0 Å². The van der Waals surface area contributed by atoms with Crippen molar-refractivity contribution in [2.75, 3.05) is 11.9 Å². The van der Waals surface area contributed by atoms with E-state index in [1.54, 1.807) is 11.3 Å². The van der Waals surface area contributed by atoms with Gasteiger partial charge in [0, 0.05) is 28.7 Å². The molecule has 0 spiro atoms. The molecule has 2 heterocycles. The van der Waals surface area contributed by atoms with E-state index < -0.39 is 0 Å². The summed E-state index contributed by atoms with van der Waals surface area (Å²) < 4.78 is 5.92. The Morgan fingerprint density at radius 3 is 2.39 bits per heavy atom. The summed E-state index contributed by atoms with van der Waals surface area (Å²) in [5.41, 5.74) is 5.38. The first-order valence-electron chi connectivity index (χ1n) is 9.35. The topological polar surface area (TPSA) is 33.5 Å². The molecule has 4 aromatic rings. The molecule has 2 aromatic heterocycles. The van der Waals surface area contributed by atoms with Crippen LogP contribution in [-0.2, 0) is 12.8 Å². The van der Waals surface area contributed by atoms with Crippen molar-refractivity contribution in [3.05, 3.63) is 93.0 Å². The summed E-state index contributed by atoms with van der Waals surface area (Å²) in [6.45, 7) is 0. The highest BCUT2D eigenvalue weighted by molar-refractivity contribution is 7.10. The van der Waals surface area contributed by atoms with Gasteiger partial charge >= 0.3 is 5.63 Å². The van der Waals surface area contributed by atoms with Crippen molar-refractivity contribution in [1.82, 2.24) is 0 Å². The summed E-state index contributed by atoms with van der Waals surface area (Å²) in [6.07, 6.45) is 1.83. The summed E-state index contributed by atoms with van der Waals surface area (Å²) in [5.74, 6) is 0.727. The lowest BCUT2D eigenvalue weighted by atomic mass is 9.91. The molecule has 28 heavy (non-hydrogen) atoms. The van der Waals surface area contributed by atoms with E-state index in [2.05, 4.69) is 28.5 Å². The average molecular weight is 385 g/mol. The molecule has 3 nitrogen and oxygen atoms in total. The third-order valence-electron chi connectivity index (χ3n) is 5.33. The Morgan fingerprint density at radius 1 is 0.929 bits per heavy atom. The lowest BCUT2D eigenvalue weighted by Crippen LogP contribution is -2.20. The fraction of sp³-hybridized carbons (Fsp3) is 0.125. The fourth-order valence-corrected chi connectivity index (χ4v) is 4.87. The molecule has 0 bridgehead atoms. The zero-order valence-corrected chi connectivity index (χ0v) is 16.3. The predicted molar refractivity (Wildman–Crippen MR) is 116 cm³/mol. The minimum absolute atomic E-state index is 0.290. The normalized spacial score (nSPS) is 12.3. The third kappa shape index (κ3) is 2.69. The van der Waals surface area contributed by atoms with Crippen molar-refractivity contribution in [3.63, 3.8) is 0 Å². The first-order chi connectivity index (χ1) is 13.7. The highest BCUT2D eigenvalue weighted by Crippen LogP contribution is 2.44.